The third-order valence-corrected chi connectivity index (χ3v) is 3.44. The topological polar surface area (TPSA) is 57.5 Å². The molecule has 6 heteroatoms. The number of benzene rings is 2. The van der Waals surface area contributed by atoms with E-state index in [1.807, 2.05) is 0 Å². The van der Waals surface area contributed by atoms with Crippen molar-refractivity contribution in [1.29, 1.82) is 0 Å². The number of aryl methyl sites for hydroxylation is 1. The Hall–Kier alpha value is -2.05. The van der Waals surface area contributed by atoms with Crippen molar-refractivity contribution in [2.24, 2.45) is 0 Å². The number of unbranched alkanes of at least 4 members (excludes halogenated alkanes) is 1. The number of hydrogen-bond acceptors (Lipinski definition) is 3. The van der Waals surface area contributed by atoms with E-state index in [1.165, 1.54) is 6.07 Å². The second kappa shape index (κ2) is 7.29. The molecule has 0 atom stereocenters. The highest BCUT2D eigenvalue weighted by Gasteiger charge is 2.22. The van der Waals surface area contributed by atoms with E-state index in [4.69, 9.17) is 10.0 Å². The zero-order valence-electron chi connectivity index (χ0n) is 11.8. The van der Waals surface area contributed by atoms with Crippen LogP contribution in [0.1, 0.15) is 18.4 Å². The van der Waals surface area contributed by atoms with Gasteiger partial charge in [0.1, 0.15) is 6.29 Å². The van der Waals surface area contributed by atoms with Gasteiger partial charge in [0, 0.05) is 17.4 Å². The maximum Gasteiger partial charge on any atom is 0.491 e. The van der Waals surface area contributed by atoms with Gasteiger partial charge in [0.25, 0.3) is 0 Å². The van der Waals surface area contributed by atoms with Gasteiger partial charge in [-0.2, -0.15) is 0 Å². The molecule has 0 aliphatic rings. The molecule has 2 rings (SSSR count). The average molecular weight is 304 g/mol. The van der Waals surface area contributed by atoms with E-state index in [-0.39, 0.29) is 5.56 Å². The van der Waals surface area contributed by atoms with Crippen LogP contribution < -0.4 is 5.46 Å². The van der Waals surface area contributed by atoms with E-state index >= 15 is 0 Å². The summed E-state index contributed by atoms with van der Waals surface area (Å²) in [6.07, 6.45) is 2.84. The van der Waals surface area contributed by atoms with Crippen molar-refractivity contribution >= 4 is 18.9 Å². The fourth-order valence-electron chi connectivity index (χ4n) is 2.23. The average Bonchev–Trinajstić information content (AvgIpc) is 2.51. The third-order valence-electron chi connectivity index (χ3n) is 3.44. The number of aldehydes is 1. The standard InChI is InChI=1S/C16H15BF2O3/c18-15-13(8-9-14(16(15)19)17(21)22)12-6-4-11(5-7-12)3-1-2-10-20/h4-10,21-22H,1-3H2. The first kappa shape index (κ1) is 16.3. The summed E-state index contributed by atoms with van der Waals surface area (Å²) in [5.74, 6) is -2.37. The van der Waals surface area contributed by atoms with Crippen molar-refractivity contribution in [3.8, 4) is 11.1 Å². The number of hydrogen-bond donors (Lipinski definition) is 2. The van der Waals surface area contributed by atoms with Crippen molar-refractivity contribution in [2.75, 3.05) is 0 Å². The van der Waals surface area contributed by atoms with E-state index in [9.17, 15) is 13.6 Å². The van der Waals surface area contributed by atoms with Gasteiger partial charge in [0.15, 0.2) is 11.6 Å². The molecule has 2 aromatic rings. The van der Waals surface area contributed by atoms with Crippen LogP contribution in [0.25, 0.3) is 11.1 Å². The summed E-state index contributed by atoms with van der Waals surface area (Å²) in [4.78, 5) is 10.3. The molecule has 114 valence electrons. The zero-order chi connectivity index (χ0) is 16.1. The monoisotopic (exact) mass is 304 g/mol. The Balaban J connectivity index is 2.25. The number of carbonyl (C=O) groups is 1. The van der Waals surface area contributed by atoms with Gasteiger partial charge < -0.3 is 14.8 Å². The fourth-order valence-corrected chi connectivity index (χ4v) is 2.23. The minimum atomic E-state index is -2.05. The highest BCUT2D eigenvalue weighted by molar-refractivity contribution is 6.58. The van der Waals surface area contributed by atoms with Gasteiger partial charge in [0.05, 0.1) is 0 Å². The Kier molecular flexibility index (Phi) is 5.41. The van der Waals surface area contributed by atoms with Gasteiger partial charge in [-0.3, -0.25) is 0 Å². The molecule has 0 fully saturated rings. The molecule has 0 aromatic heterocycles. The van der Waals surface area contributed by atoms with Crippen molar-refractivity contribution in [3.63, 3.8) is 0 Å². The molecule has 0 saturated heterocycles. The van der Waals surface area contributed by atoms with Crippen LogP contribution in [0.5, 0.6) is 0 Å². The first-order chi connectivity index (χ1) is 10.5. The maximum atomic E-state index is 14.0. The van der Waals surface area contributed by atoms with Gasteiger partial charge in [0.2, 0.25) is 0 Å². The SMILES string of the molecule is O=CCCCc1ccc(-c2ccc(B(O)O)c(F)c2F)cc1. The van der Waals surface area contributed by atoms with Crippen LogP contribution in [-0.4, -0.2) is 23.5 Å². The second-order valence-corrected chi connectivity index (χ2v) is 4.96. The highest BCUT2D eigenvalue weighted by Crippen LogP contribution is 2.24. The van der Waals surface area contributed by atoms with Gasteiger partial charge >= 0.3 is 7.12 Å². The molecule has 22 heavy (non-hydrogen) atoms. The first-order valence-corrected chi connectivity index (χ1v) is 6.91. The van der Waals surface area contributed by atoms with Crippen molar-refractivity contribution in [2.45, 2.75) is 19.3 Å². The van der Waals surface area contributed by atoms with Crippen molar-refractivity contribution in [1.82, 2.24) is 0 Å². The van der Waals surface area contributed by atoms with Gasteiger partial charge in [-0.15, -0.1) is 0 Å². The lowest BCUT2D eigenvalue weighted by molar-refractivity contribution is -0.107. The van der Waals surface area contributed by atoms with E-state index in [0.29, 0.717) is 12.0 Å². The van der Waals surface area contributed by atoms with E-state index < -0.39 is 24.2 Å². The summed E-state index contributed by atoms with van der Waals surface area (Å²) in [5, 5.41) is 17.9. The quantitative estimate of drug-likeness (QED) is 0.486. The maximum absolute atomic E-state index is 14.0. The molecule has 2 aromatic carbocycles. The zero-order valence-corrected chi connectivity index (χ0v) is 11.8. The number of carbonyl (C=O) groups excluding carboxylic acids is 1. The van der Waals surface area contributed by atoms with E-state index in [0.717, 1.165) is 30.8 Å². The molecule has 0 aliphatic carbocycles. The predicted molar refractivity (Wildman–Crippen MR) is 80.6 cm³/mol. The summed E-state index contributed by atoms with van der Waals surface area (Å²) in [6.45, 7) is 0. The molecule has 0 unspecified atom stereocenters. The van der Waals surface area contributed by atoms with E-state index in [1.54, 1.807) is 24.3 Å². The van der Waals surface area contributed by atoms with Gasteiger partial charge in [-0.1, -0.05) is 36.4 Å². The largest absolute Gasteiger partial charge is 0.491 e. The van der Waals surface area contributed by atoms with Crippen molar-refractivity contribution in [3.05, 3.63) is 53.6 Å². The highest BCUT2D eigenvalue weighted by atomic mass is 19.2. The molecule has 0 amide bonds. The van der Waals surface area contributed by atoms with Crippen LogP contribution in [-0.2, 0) is 11.2 Å². The molecule has 0 bridgehead atoms. The molecule has 0 saturated carbocycles. The number of halogens is 2. The lowest BCUT2D eigenvalue weighted by atomic mass is 9.79. The third kappa shape index (κ3) is 3.58. The Labute approximate surface area is 127 Å². The van der Waals surface area contributed by atoms with Crippen LogP contribution in [0.15, 0.2) is 36.4 Å². The lowest BCUT2D eigenvalue weighted by Crippen LogP contribution is -2.33. The Morgan fingerprint density at radius 1 is 1.00 bits per heavy atom. The summed E-state index contributed by atoms with van der Waals surface area (Å²) in [7, 11) is -2.05. The van der Waals surface area contributed by atoms with E-state index in [2.05, 4.69) is 0 Å². The molecule has 0 aliphatic heterocycles. The second-order valence-electron chi connectivity index (χ2n) is 4.96. The summed E-state index contributed by atoms with van der Waals surface area (Å²) < 4.78 is 27.8. The fraction of sp³-hybridized carbons (Fsp3) is 0.188. The smallest absolute Gasteiger partial charge is 0.423 e. The van der Waals surface area contributed by atoms with Crippen LogP contribution in [0.4, 0.5) is 8.78 Å². The summed E-state index contributed by atoms with van der Waals surface area (Å²) in [6, 6.07) is 9.40. The molecular formula is C16H15BF2O3. The first-order valence-electron chi connectivity index (χ1n) is 6.91. The molecule has 0 radical (unpaired) electrons. The lowest BCUT2D eigenvalue weighted by Gasteiger charge is -2.09. The molecule has 3 nitrogen and oxygen atoms in total. The normalized spacial score (nSPS) is 10.5. The minimum absolute atomic E-state index is 0.0568. The van der Waals surface area contributed by atoms with Crippen LogP contribution in [0.2, 0.25) is 0 Å². The van der Waals surface area contributed by atoms with Crippen LogP contribution >= 0.6 is 0 Å². The molecular weight excluding hydrogens is 289 g/mol. The Bertz CT molecular complexity index is 657. The minimum Gasteiger partial charge on any atom is -0.423 e. The summed E-state index contributed by atoms with van der Waals surface area (Å²) >= 11 is 0. The molecule has 0 heterocycles. The Morgan fingerprint density at radius 3 is 2.27 bits per heavy atom. The van der Waals surface area contributed by atoms with Gasteiger partial charge in [-0.05, 0) is 24.0 Å². The van der Waals surface area contributed by atoms with Gasteiger partial charge in [-0.25, -0.2) is 8.78 Å². The number of rotatable bonds is 6. The van der Waals surface area contributed by atoms with Crippen LogP contribution in [0, 0.1) is 11.6 Å². The predicted octanol–water partition coefficient (Wildman–Crippen LogP) is 1.83. The van der Waals surface area contributed by atoms with Crippen molar-refractivity contribution < 1.29 is 23.6 Å². The molecule has 2 N–H and O–H groups in total. The molecule has 0 spiro atoms. The Morgan fingerprint density at radius 2 is 1.68 bits per heavy atom. The van der Waals surface area contributed by atoms with Crippen LogP contribution in [0.3, 0.4) is 0 Å². The summed E-state index contributed by atoms with van der Waals surface area (Å²) in [5.41, 5.74) is 1.07.